The van der Waals surface area contributed by atoms with Crippen molar-refractivity contribution < 1.29 is 8.42 Å². The first-order valence-electron chi connectivity index (χ1n) is 7.15. The Bertz CT molecular complexity index is 598. The molecule has 1 aromatic rings. The van der Waals surface area contributed by atoms with E-state index in [4.69, 9.17) is 5.73 Å². The highest BCUT2D eigenvalue weighted by atomic mass is 79.9. The standard InChI is InChI=1S/C14H22BrN3O2S/c1-3-11(2)17-6-8-18(9-7-17)21(19,20)12-4-5-13(15)14(16)10-12/h4-5,10-11H,3,6-9,16H2,1-2H3. The van der Waals surface area contributed by atoms with Crippen LogP contribution in [0.3, 0.4) is 0 Å². The zero-order chi connectivity index (χ0) is 15.6. The molecule has 0 amide bonds. The van der Waals surface area contributed by atoms with Gasteiger partial charge in [-0.25, -0.2) is 8.42 Å². The molecule has 1 saturated heterocycles. The van der Waals surface area contributed by atoms with Crippen LogP contribution in [0.1, 0.15) is 20.3 Å². The van der Waals surface area contributed by atoms with Crippen LogP contribution in [0.25, 0.3) is 0 Å². The minimum atomic E-state index is -3.45. The SMILES string of the molecule is CCC(C)N1CCN(S(=O)(=O)c2ccc(Br)c(N)c2)CC1. The third-order valence-electron chi connectivity index (χ3n) is 4.09. The third kappa shape index (κ3) is 3.59. The van der Waals surface area contributed by atoms with E-state index in [1.54, 1.807) is 16.4 Å². The second-order valence-electron chi connectivity index (χ2n) is 5.38. The quantitative estimate of drug-likeness (QED) is 0.818. The van der Waals surface area contributed by atoms with E-state index in [1.165, 1.54) is 6.07 Å². The van der Waals surface area contributed by atoms with Gasteiger partial charge in [-0.1, -0.05) is 6.92 Å². The summed E-state index contributed by atoms with van der Waals surface area (Å²) < 4.78 is 27.5. The van der Waals surface area contributed by atoms with Gasteiger partial charge in [-0.15, -0.1) is 0 Å². The fourth-order valence-electron chi connectivity index (χ4n) is 2.47. The van der Waals surface area contributed by atoms with Crippen molar-refractivity contribution in [3.63, 3.8) is 0 Å². The number of piperazine rings is 1. The minimum Gasteiger partial charge on any atom is -0.398 e. The fourth-order valence-corrected chi connectivity index (χ4v) is 4.18. The van der Waals surface area contributed by atoms with Crippen molar-refractivity contribution in [1.29, 1.82) is 0 Å². The molecular weight excluding hydrogens is 354 g/mol. The van der Waals surface area contributed by atoms with Gasteiger partial charge in [0.15, 0.2) is 0 Å². The van der Waals surface area contributed by atoms with Gasteiger partial charge in [0, 0.05) is 42.4 Å². The number of anilines is 1. The summed E-state index contributed by atoms with van der Waals surface area (Å²) in [5.74, 6) is 0. The molecule has 21 heavy (non-hydrogen) atoms. The lowest BCUT2D eigenvalue weighted by Gasteiger charge is -2.37. The predicted molar refractivity (Wildman–Crippen MR) is 88.6 cm³/mol. The molecule has 1 aromatic carbocycles. The van der Waals surface area contributed by atoms with E-state index in [0.717, 1.165) is 19.5 Å². The lowest BCUT2D eigenvalue weighted by molar-refractivity contribution is 0.142. The zero-order valence-corrected chi connectivity index (χ0v) is 14.8. The Morgan fingerprint density at radius 3 is 2.43 bits per heavy atom. The highest BCUT2D eigenvalue weighted by Gasteiger charge is 2.29. The van der Waals surface area contributed by atoms with Crippen molar-refractivity contribution in [3.05, 3.63) is 22.7 Å². The fraction of sp³-hybridized carbons (Fsp3) is 0.571. The van der Waals surface area contributed by atoms with Crippen molar-refractivity contribution in [2.45, 2.75) is 31.2 Å². The van der Waals surface area contributed by atoms with E-state index in [2.05, 4.69) is 34.7 Å². The summed E-state index contributed by atoms with van der Waals surface area (Å²) in [4.78, 5) is 2.60. The number of nitrogen functional groups attached to an aromatic ring is 1. The van der Waals surface area contributed by atoms with Crippen molar-refractivity contribution >= 4 is 31.6 Å². The molecule has 1 fully saturated rings. The first-order valence-corrected chi connectivity index (χ1v) is 9.38. The molecule has 2 rings (SSSR count). The molecule has 118 valence electrons. The first-order chi connectivity index (χ1) is 9.86. The minimum absolute atomic E-state index is 0.264. The summed E-state index contributed by atoms with van der Waals surface area (Å²) in [5, 5.41) is 0. The predicted octanol–water partition coefficient (Wildman–Crippen LogP) is 2.14. The number of nitrogens with two attached hydrogens (primary N) is 1. The highest BCUT2D eigenvalue weighted by molar-refractivity contribution is 9.10. The summed E-state index contributed by atoms with van der Waals surface area (Å²) in [7, 11) is -3.45. The van der Waals surface area contributed by atoms with Gasteiger partial charge in [-0.3, -0.25) is 4.90 Å². The van der Waals surface area contributed by atoms with Crippen molar-refractivity contribution in [3.8, 4) is 0 Å². The molecule has 1 heterocycles. The van der Waals surface area contributed by atoms with Crippen LogP contribution in [-0.2, 0) is 10.0 Å². The smallest absolute Gasteiger partial charge is 0.243 e. The molecule has 0 bridgehead atoms. The van der Waals surface area contributed by atoms with Crippen LogP contribution in [0.2, 0.25) is 0 Å². The Morgan fingerprint density at radius 1 is 1.29 bits per heavy atom. The van der Waals surface area contributed by atoms with Gasteiger partial charge in [0.25, 0.3) is 0 Å². The second kappa shape index (κ2) is 6.64. The summed E-state index contributed by atoms with van der Waals surface area (Å²) in [6, 6.07) is 5.28. The molecule has 1 aliphatic heterocycles. The number of rotatable bonds is 4. The van der Waals surface area contributed by atoms with Gasteiger partial charge in [-0.2, -0.15) is 4.31 Å². The maximum atomic E-state index is 12.6. The van der Waals surface area contributed by atoms with E-state index in [1.807, 2.05) is 0 Å². The third-order valence-corrected chi connectivity index (χ3v) is 6.71. The monoisotopic (exact) mass is 375 g/mol. The van der Waals surface area contributed by atoms with E-state index < -0.39 is 10.0 Å². The molecule has 5 nitrogen and oxygen atoms in total. The van der Waals surface area contributed by atoms with Crippen LogP contribution in [0.15, 0.2) is 27.6 Å². The second-order valence-corrected chi connectivity index (χ2v) is 8.17. The number of nitrogens with zero attached hydrogens (tertiary/aromatic N) is 2. The zero-order valence-electron chi connectivity index (χ0n) is 12.4. The maximum Gasteiger partial charge on any atom is 0.243 e. The molecule has 0 radical (unpaired) electrons. The van der Waals surface area contributed by atoms with E-state index in [0.29, 0.717) is 29.3 Å². The molecular formula is C14H22BrN3O2S. The van der Waals surface area contributed by atoms with Gasteiger partial charge < -0.3 is 5.73 Å². The molecule has 0 aliphatic carbocycles. The van der Waals surface area contributed by atoms with Gasteiger partial charge in [0.1, 0.15) is 0 Å². The number of benzene rings is 1. The average Bonchev–Trinajstić information content (AvgIpc) is 2.49. The van der Waals surface area contributed by atoms with E-state index in [9.17, 15) is 8.42 Å². The number of sulfonamides is 1. The molecule has 0 spiro atoms. The molecule has 1 aliphatic rings. The van der Waals surface area contributed by atoms with E-state index in [-0.39, 0.29) is 4.90 Å². The van der Waals surface area contributed by atoms with Crippen molar-refractivity contribution in [2.24, 2.45) is 0 Å². The van der Waals surface area contributed by atoms with Crippen LogP contribution < -0.4 is 5.73 Å². The molecule has 1 atom stereocenters. The van der Waals surface area contributed by atoms with Crippen LogP contribution in [-0.4, -0.2) is 49.8 Å². The molecule has 2 N–H and O–H groups in total. The Morgan fingerprint density at radius 2 is 1.90 bits per heavy atom. The van der Waals surface area contributed by atoms with E-state index >= 15 is 0 Å². The summed E-state index contributed by atoms with van der Waals surface area (Å²) in [6.45, 7) is 6.95. The average molecular weight is 376 g/mol. The van der Waals surface area contributed by atoms with Crippen LogP contribution >= 0.6 is 15.9 Å². The molecule has 1 unspecified atom stereocenters. The van der Waals surface area contributed by atoms with Gasteiger partial charge in [-0.05, 0) is 47.5 Å². The number of halogens is 1. The lowest BCUT2D eigenvalue weighted by atomic mass is 10.2. The highest BCUT2D eigenvalue weighted by Crippen LogP contribution is 2.25. The van der Waals surface area contributed by atoms with Crippen molar-refractivity contribution in [1.82, 2.24) is 9.21 Å². The lowest BCUT2D eigenvalue weighted by Crippen LogP contribution is -2.51. The largest absolute Gasteiger partial charge is 0.398 e. The van der Waals surface area contributed by atoms with Crippen LogP contribution in [0, 0.1) is 0 Å². The molecule has 7 heteroatoms. The van der Waals surface area contributed by atoms with Crippen molar-refractivity contribution in [2.75, 3.05) is 31.9 Å². The normalized spacial score (nSPS) is 19.6. The Balaban J connectivity index is 2.13. The Kier molecular flexibility index (Phi) is 5.29. The van der Waals surface area contributed by atoms with Gasteiger partial charge in [0.05, 0.1) is 4.90 Å². The Labute approximate surface area is 135 Å². The van der Waals surface area contributed by atoms with Gasteiger partial charge >= 0.3 is 0 Å². The molecule has 0 saturated carbocycles. The Hall–Kier alpha value is -0.630. The van der Waals surface area contributed by atoms with Crippen LogP contribution in [0.4, 0.5) is 5.69 Å². The number of hydrogen-bond acceptors (Lipinski definition) is 4. The molecule has 0 aromatic heterocycles. The summed E-state index contributed by atoms with van der Waals surface area (Å²) >= 11 is 3.28. The van der Waals surface area contributed by atoms with Crippen LogP contribution in [0.5, 0.6) is 0 Å². The first kappa shape index (κ1) is 16.7. The topological polar surface area (TPSA) is 66.6 Å². The summed E-state index contributed by atoms with van der Waals surface area (Å²) in [5.41, 5.74) is 6.23. The summed E-state index contributed by atoms with van der Waals surface area (Å²) in [6.07, 6.45) is 1.08. The number of hydrogen-bond donors (Lipinski definition) is 1. The maximum absolute atomic E-state index is 12.6. The van der Waals surface area contributed by atoms with Gasteiger partial charge in [0.2, 0.25) is 10.0 Å².